The van der Waals surface area contributed by atoms with Crippen LogP contribution in [0.25, 0.3) is 0 Å². The van der Waals surface area contributed by atoms with E-state index in [0.717, 1.165) is 0 Å². The first kappa shape index (κ1) is 12.0. The van der Waals surface area contributed by atoms with Gasteiger partial charge in [0.1, 0.15) is 0 Å². The first-order valence-electron chi connectivity index (χ1n) is 4.27. The molecule has 1 rings (SSSR count). The molecular formula is C9H11N3O4. The van der Waals surface area contributed by atoms with Crippen LogP contribution in [0, 0.1) is 0 Å². The van der Waals surface area contributed by atoms with Crippen LogP contribution in [0.2, 0.25) is 0 Å². The number of rotatable bonds is 3. The van der Waals surface area contributed by atoms with Crippen LogP contribution >= 0.6 is 0 Å². The molecule has 0 amide bonds. The zero-order valence-corrected chi connectivity index (χ0v) is 8.52. The lowest BCUT2D eigenvalue weighted by Crippen LogP contribution is -2.14. The average Bonchev–Trinajstić information content (AvgIpc) is 2.35. The van der Waals surface area contributed by atoms with Crippen LogP contribution in [-0.2, 0) is 9.68 Å². The molecule has 0 unspecified atom stereocenters. The minimum Gasteiger partial charge on any atom is -0.388 e. The molecule has 0 aliphatic rings. The van der Waals surface area contributed by atoms with Gasteiger partial charge in [-0.05, 0) is 18.2 Å². The number of benzene rings is 1. The fraction of sp³-hybridized carbons (Fsp3) is 0.111. The summed E-state index contributed by atoms with van der Waals surface area (Å²) < 4.78 is 0. The second kappa shape index (κ2) is 5.10. The molecule has 0 aromatic heterocycles. The summed E-state index contributed by atoms with van der Waals surface area (Å²) in [6, 6.07) is 4.22. The minimum absolute atomic E-state index is 0.120. The minimum atomic E-state index is -0.761. The zero-order chi connectivity index (χ0) is 12.1. The van der Waals surface area contributed by atoms with Gasteiger partial charge in [0.05, 0.1) is 11.1 Å². The Morgan fingerprint density at radius 2 is 1.50 bits per heavy atom. The summed E-state index contributed by atoms with van der Waals surface area (Å²) in [7, 11) is 1.63. The molecule has 0 aliphatic heterocycles. The van der Waals surface area contributed by atoms with Gasteiger partial charge in [-0.15, -0.1) is 0 Å². The van der Waals surface area contributed by atoms with Crippen LogP contribution in [-0.4, -0.2) is 19.0 Å². The smallest absolute Gasteiger partial charge is 0.356 e. The number of hydrogen-bond donors (Lipinski definition) is 3. The van der Waals surface area contributed by atoms with Gasteiger partial charge in [-0.2, -0.15) is 11.8 Å². The summed E-state index contributed by atoms with van der Waals surface area (Å²) in [6.45, 7) is 0. The Morgan fingerprint density at radius 1 is 1.06 bits per heavy atom. The number of hydrogen-bond acceptors (Lipinski definition) is 7. The van der Waals surface area contributed by atoms with Crippen molar-refractivity contribution in [1.82, 2.24) is 0 Å². The molecule has 7 nitrogen and oxygen atoms in total. The Balaban J connectivity index is 3.20. The Labute approximate surface area is 91.2 Å². The summed E-state index contributed by atoms with van der Waals surface area (Å²) in [6.07, 6.45) is 0. The molecule has 0 heterocycles. The van der Waals surface area contributed by atoms with Crippen molar-refractivity contribution < 1.29 is 19.3 Å². The Kier molecular flexibility index (Phi) is 3.81. The van der Waals surface area contributed by atoms with Gasteiger partial charge < -0.3 is 15.0 Å². The summed E-state index contributed by atoms with van der Waals surface area (Å²) in [5.74, 6) is 7.97. The fourth-order valence-electron chi connectivity index (χ4n) is 1.14. The lowest BCUT2D eigenvalue weighted by atomic mass is 10.1. The lowest BCUT2D eigenvalue weighted by Gasteiger charge is -2.06. The van der Waals surface area contributed by atoms with E-state index in [1.807, 2.05) is 0 Å². The number of nitrogens with two attached hydrogens (primary N) is 2. The van der Waals surface area contributed by atoms with E-state index >= 15 is 0 Å². The van der Waals surface area contributed by atoms with Crippen LogP contribution in [0.5, 0.6) is 0 Å². The maximum absolute atomic E-state index is 11.2. The normalized spacial score (nSPS) is 9.44. The van der Waals surface area contributed by atoms with Gasteiger partial charge in [0.25, 0.3) is 0 Å². The molecule has 0 bridgehead atoms. The van der Waals surface area contributed by atoms with Gasteiger partial charge >= 0.3 is 11.9 Å². The molecule has 0 saturated carbocycles. The molecule has 1 aromatic rings. The van der Waals surface area contributed by atoms with Crippen LogP contribution < -0.4 is 17.1 Å². The van der Waals surface area contributed by atoms with Gasteiger partial charge in [0.15, 0.2) is 0 Å². The molecule has 86 valence electrons. The second-order valence-electron chi connectivity index (χ2n) is 2.86. The van der Waals surface area contributed by atoms with E-state index in [9.17, 15) is 9.59 Å². The van der Waals surface area contributed by atoms with E-state index < -0.39 is 11.9 Å². The molecule has 0 fully saturated rings. The highest BCUT2D eigenvalue weighted by Gasteiger charge is 2.13. The van der Waals surface area contributed by atoms with Crippen molar-refractivity contribution in [3.63, 3.8) is 0 Å². The van der Waals surface area contributed by atoms with E-state index in [2.05, 4.69) is 15.0 Å². The molecule has 1 aromatic carbocycles. The molecule has 0 aliphatic carbocycles. The van der Waals surface area contributed by atoms with Gasteiger partial charge in [-0.25, -0.2) is 9.59 Å². The van der Waals surface area contributed by atoms with Crippen molar-refractivity contribution in [1.29, 1.82) is 0 Å². The fourth-order valence-corrected chi connectivity index (χ4v) is 1.14. The van der Waals surface area contributed by atoms with Crippen LogP contribution in [0.3, 0.4) is 0 Å². The van der Waals surface area contributed by atoms with Gasteiger partial charge in [0.2, 0.25) is 0 Å². The predicted molar refractivity (Wildman–Crippen MR) is 55.2 cm³/mol. The molecule has 0 radical (unpaired) electrons. The third kappa shape index (κ3) is 2.47. The van der Waals surface area contributed by atoms with Crippen LogP contribution in [0.1, 0.15) is 20.7 Å². The maximum atomic E-state index is 11.2. The SMILES string of the molecule is CNc1cc(C(=O)ON)cc(C(=O)ON)c1. The maximum Gasteiger partial charge on any atom is 0.356 e. The number of carbonyl (C=O) groups excluding carboxylic acids is 2. The summed E-state index contributed by atoms with van der Waals surface area (Å²) in [5.41, 5.74) is 0.771. The zero-order valence-electron chi connectivity index (χ0n) is 8.52. The topological polar surface area (TPSA) is 117 Å². The highest BCUT2D eigenvalue weighted by atomic mass is 16.7. The second-order valence-corrected chi connectivity index (χ2v) is 2.86. The van der Waals surface area contributed by atoms with Crippen molar-refractivity contribution in [3.05, 3.63) is 29.3 Å². The van der Waals surface area contributed by atoms with Crippen molar-refractivity contribution in [2.45, 2.75) is 0 Å². The summed E-state index contributed by atoms with van der Waals surface area (Å²) >= 11 is 0. The first-order chi connectivity index (χ1) is 7.62. The lowest BCUT2D eigenvalue weighted by molar-refractivity contribution is 0.0501. The average molecular weight is 225 g/mol. The molecule has 5 N–H and O–H groups in total. The molecule has 16 heavy (non-hydrogen) atoms. The first-order valence-corrected chi connectivity index (χ1v) is 4.27. The summed E-state index contributed by atoms with van der Waals surface area (Å²) in [5, 5.41) is 2.77. The van der Waals surface area contributed by atoms with Crippen molar-refractivity contribution in [3.8, 4) is 0 Å². The Hall–Kier alpha value is -2.12. The molecule has 0 spiro atoms. The van der Waals surface area contributed by atoms with Gasteiger partial charge in [-0.3, -0.25) is 0 Å². The van der Waals surface area contributed by atoms with Crippen molar-refractivity contribution >= 4 is 17.6 Å². The predicted octanol–water partition coefficient (Wildman–Crippen LogP) is -0.211. The van der Waals surface area contributed by atoms with Crippen LogP contribution in [0.4, 0.5) is 5.69 Å². The largest absolute Gasteiger partial charge is 0.388 e. The standard InChI is InChI=1S/C9H11N3O4/c1-12-7-3-5(8(13)15-10)2-6(4-7)9(14)16-11/h2-4,12H,10-11H2,1H3. The quantitative estimate of drug-likeness (QED) is 0.609. The monoisotopic (exact) mass is 225 g/mol. The molecular weight excluding hydrogens is 214 g/mol. The summed E-state index contributed by atoms with van der Waals surface area (Å²) in [4.78, 5) is 30.5. The highest BCUT2D eigenvalue weighted by Crippen LogP contribution is 2.15. The van der Waals surface area contributed by atoms with Gasteiger partial charge in [0, 0.05) is 12.7 Å². The molecule has 7 heteroatoms. The number of anilines is 1. The number of carbonyl (C=O) groups is 2. The van der Waals surface area contributed by atoms with E-state index in [0.29, 0.717) is 5.69 Å². The third-order valence-corrected chi connectivity index (χ3v) is 1.91. The highest BCUT2D eigenvalue weighted by molar-refractivity contribution is 5.96. The Morgan fingerprint density at radius 3 is 1.81 bits per heavy atom. The van der Waals surface area contributed by atoms with Crippen LogP contribution in [0.15, 0.2) is 18.2 Å². The molecule has 0 atom stereocenters. The van der Waals surface area contributed by atoms with E-state index in [4.69, 9.17) is 11.8 Å². The van der Waals surface area contributed by atoms with E-state index in [-0.39, 0.29) is 11.1 Å². The number of nitrogens with one attached hydrogen (secondary N) is 1. The molecule has 0 saturated heterocycles. The van der Waals surface area contributed by atoms with Gasteiger partial charge in [-0.1, -0.05) is 0 Å². The van der Waals surface area contributed by atoms with E-state index in [1.165, 1.54) is 18.2 Å². The Bertz CT molecular complexity index is 385. The third-order valence-electron chi connectivity index (χ3n) is 1.91. The van der Waals surface area contributed by atoms with Crippen molar-refractivity contribution in [2.24, 2.45) is 11.8 Å². The van der Waals surface area contributed by atoms with E-state index in [1.54, 1.807) is 7.05 Å². The van der Waals surface area contributed by atoms with Crippen molar-refractivity contribution in [2.75, 3.05) is 12.4 Å².